The fourth-order valence-electron chi connectivity index (χ4n) is 6.29. The van der Waals surface area contributed by atoms with Gasteiger partial charge in [0.2, 0.25) is 5.91 Å². The molecule has 2 fully saturated rings. The molecule has 1 amide bonds. The minimum absolute atomic E-state index is 0.0976. The van der Waals surface area contributed by atoms with E-state index in [4.69, 9.17) is 11.6 Å². The van der Waals surface area contributed by atoms with Gasteiger partial charge in [0, 0.05) is 55.6 Å². The van der Waals surface area contributed by atoms with E-state index in [-0.39, 0.29) is 12.0 Å². The molecule has 2 aromatic carbocycles. The lowest BCUT2D eigenvalue weighted by Gasteiger charge is -2.46. The van der Waals surface area contributed by atoms with Crippen molar-refractivity contribution in [1.82, 2.24) is 14.8 Å². The summed E-state index contributed by atoms with van der Waals surface area (Å²) in [4.78, 5) is 24.2. The van der Waals surface area contributed by atoms with E-state index in [1.54, 1.807) is 0 Å². The first kappa shape index (κ1) is 29.4. The lowest BCUT2D eigenvalue weighted by Crippen LogP contribution is -2.55. The number of amides is 1. The average Bonchev–Trinajstić information content (AvgIpc) is 2.98. The van der Waals surface area contributed by atoms with E-state index in [0.717, 1.165) is 67.3 Å². The Morgan fingerprint density at radius 1 is 0.976 bits per heavy atom. The van der Waals surface area contributed by atoms with E-state index >= 15 is 0 Å². The van der Waals surface area contributed by atoms with Crippen molar-refractivity contribution in [1.29, 1.82) is 0 Å². The van der Waals surface area contributed by atoms with Crippen LogP contribution in [0.15, 0.2) is 73.1 Å². The van der Waals surface area contributed by atoms with Gasteiger partial charge in [0.05, 0.1) is 11.4 Å². The number of likely N-dealkylation sites (tertiary alicyclic amines) is 2. The molecule has 0 radical (unpaired) electrons. The summed E-state index contributed by atoms with van der Waals surface area (Å²) in [5.41, 5.74) is 3.13. The summed E-state index contributed by atoms with van der Waals surface area (Å²) in [6.07, 6.45) is 7.12. The number of nitrogens with one attached hydrogen (secondary N) is 1. The highest BCUT2D eigenvalue weighted by molar-refractivity contribution is 6.31. The molecule has 0 atom stereocenters. The smallest absolute Gasteiger partial charge is 0.225 e. The van der Waals surface area contributed by atoms with Crippen LogP contribution in [0.3, 0.4) is 0 Å². The number of nitrogens with zero attached hydrogens (tertiary/aromatic N) is 4. The zero-order chi connectivity index (χ0) is 28.8. The molecule has 8 heteroatoms. The van der Waals surface area contributed by atoms with E-state index in [1.807, 2.05) is 68.7 Å². The van der Waals surface area contributed by atoms with Crippen LogP contribution in [-0.2, 0) is 17.9 Å². The molecule has 0 spiro atoms. The molecule has 0 saturated carbocycles. The number of halogens is 1. The molecule has 0 unspecified atom stereocenters. The van der Waals surface area contributed by atoms with Gasteiger partial charge >= 0.3 is 0 Å². The van der Waals surface area contributed by atoms with Crippen LogP contribution < -0.4 is 10.2 Å². The van der Waals surface area contributed by atoms with Gasteiger partial charge in [-0.05, 0) is 94.1 Å². The Hall–Kier alpha value is -3.13. The second kappa shape index (κ2) is 13.2. The van der Waals surface area contributed by atoms with Crippen molar-refractivity contribution < 1.29 is 9.90 Å². The van der Waals surface area contributed by atoms with Crippen LogP contribution in [0.4, 0.5) is 11.4 Å². The van der Waals surface area contributed by atoms with Gasteiger partial charge in [-0.25, -0.2) is 0 Å². The average molecular weight is 576 g/mol. The summed E-state index contributed by atoms with van der Waals surface area (Å²) < 4.78 is 0. The number of para-hydroxylation sites is 2. The van der Waals surface area contributed by atoms with Crippen LogP contribution in [0.5, 0.6) is 0 Å². The molecule has 3 aromatic rings. The van der Waals surface area contributed by atoms with Crippen molar-refractivity contribution >= 4 is 28.9 Å². The van der Waals surface area contributed by atoms with Crippen molar-refractivity contribution in [3.05, 3.63) is 89.2 Å². The van der Waals surface area contributed by atoms with Gasteiger partial charge in [-0.3, -0.25) is 14.7 Å². The predicted molar refractivity (Wildman–Crippen MR) is 166 cm³/mol. The number of aliphatic hydroxyl groups is 1. The standard InChI is InChI=1S/C33H42ClN5O2/c1-33(2,41)39(31-10-6-5-9-30(31)36-23-27-7-3-4-8-29(27)34)28-15-21-38(22-16-28)32(40)26-13-19-37(20-14-26)24-25-11-17-35-18-12-25/h3-12,17-18,26,28,36,41H,13-16,19-24H2,1-2H3. The normalized spacial score (nSPS) is 17.4. The lowest BCUT2D eigenvalue weighted by atomic mass is 9.92. The molecule has 5 rings (SSSR count). The molecule has 3 heterocycles. The van der Waals surface area contributed by atoms with Crippen molar-refractivity contribution in [3.8, 4) is 0 Å². The fourth-order valence-corrected chi connectivity index (χ4v) is 6.49. The third-order valence-electron chi connectivity index (χ3n) is 8.41. The first-order valence-electron chi connectivity index (χ1n) is 14.8. The van der Waals surface area contributed by atoms with Crippen LogP contribution in [0.1, 0.15) is 50.7 Å². The van der Waals surface area contributed by atoms with E-state index in [2.05, 4.69) is 43.2 Å². The Morgan fingerprint density at radius 3 is 2.32 bits per heavy atom. The number of pyridine rings is 1. The second-order valence-electron chi connectivity index (χ2n) is 11.8. The first-order valence-corrected chi connectivity index (χ1v) is 15.2. The largest absolute Gasteiger partial charge is 0.379 e. The molecule has 2 aliphatic rings. The molecule has 2 saturated heterocycles. The number of piperidine rings is 2. The zero-order valence-corrected chi connectivity index (χ0v) is 24.9. The summed E-state index contributed by atoms with van der Waals surface area (Å²) in [5.74, 6) is 0.393. The van der Waals surface area contributed by atoms with Crippen LogP contribution in [0, 0.1) is 5.92 Å². The Labute approximate surface area is 249 Å². The number of carbonyl (C=O) groups excluding carboxylic acids is 1. The van der Waals surface area contributed by atoms with E-state index in [9.17, 15) is 9.90 Å². The van der Waals surface area contributed by atoms with Gasteiger partial charge in [-0.2, -0.15) is 0 Å². The Morgan fingerprint density at radius 2 is 1.63 bits per heavy atom. The number of carbonyl (C=O) groups is 1. The third-order valence-corrected chi connectivity index (χ3v) is 8.78. The molecule has 2 N–H and O–H groups in total. The molecule has 0 aliphatic carbocycles. The van der Waals surface area contributed by atoms with Crippen LogP contribution in [0.25, 0.3) is 0 Å². The Balaban J connectivity index is 1.19. The number of benzene rings is 2. The molecule has 0 bridgehead atoms. The van der Waals surface area contributed by atoms with Crippen molar-refractivity contribution in [2.75, 3.05) is 36.4 Å². The number of aromatic nitrogens is 1. The van der Waals surface area contributed by atoms with Crippen LogP contribution in [-0.4, -0.2) is 63.7 Å². The Kier molecular flexibility index (Phi) is 9.48. The number of rotatable bonds is 9. The maximum absolute atomic E-state index is 13.5. The highest BCUT2D eigenvalue weighted by Crippen LogP contribution is 2.36. The number of hydrogen-bond donors (Lipinski definition) is 2. The SMILES string of the molecule is CC(C)(O)N(c1ccccc1NCc1ccccc1Cl)C1CCN(C(=O)C2CCN(Cc3ccncc3)CC2)CC1. The van der Waals surface area contributed by atoms with Crippen molar-refractivity contribution in [2.24, 2.45) is 5.92 Å². The van der Waals surface area contributed by atoms with E-state index in [0.29, 0.717) is 25.5 Å². The maximum atomic E-state index is 13.5. The summed E-state index contributed by atoms with van der Waals surface area (Å²) >= 11 is 6.40. The molecule has 2 aliphatic heterocycles. The van der Waals surface area contributed by atoms with Gasteiger partial charge in [-0.15, -0.1) is 0 Å². The summed E-state index contributed by atoms with van der Waals surface area (Å²) in [7, 11) is 0. The molecule has 1 aromatic heterocycles. The molecular weight excluding hydrogens is 534 g/mol. The number of anilines is 2. The summed E-state index contributed by atoms with van der Waals surface area (Å²) in [6.45, 7) is 8.50. The topological polar surface area (TPSA) is 71.9 Å². The fraction of sp³-hybridized carbons (Fsp3) is 0.455. The molecule has 7 nitrogen and oxygen atoms in total. The minimum atomic E-state index is -1.07. The van der Waals surface area contributed by atoms with Crippen LogP contribution >= 0.6 is 11.6 Å². The van der Waals surface area contributed by atoms with E-state index in [1.165, 1.54) is 5.56 Å². The second-order valence-corrected chi connectivity index (χ2v) is 12.2. The lowest BCUT2D eigenvalue weighted by molar-refractivity contribution is -0.138. The Bertz CT molecular complexity index is 1280. The molecule has 218 valence electrons. The highest BCUT2D eigenvalue weighted by atomic mass is 35.5. The first-order chi connectivity index (χ1) is 19.8. The quantitative estimate of drug-likeness (QED) is 0.315. The predicted octanol–water partition coefficient (Wildman–Crippen LogP) is 5.79. The zero-order valence-electron chi connectivity index (χ0n) is 24.2. The molecule has 41 heavy (non-hydrogen) atoms. The third kappa shape index (κ3) is 7.39. The highest BCUT2D eigenvalue weighted by Gasteiger charge is 2.37. The van der Waals surface area contributed by atoms with Gasteiger partial charge < -0.3 is 20.2 Å². The minimum Gasteiger partial charge on any atom is -0.379 e. The summed E-state index contributed by atoms with van der Waals surface area (Å²) in [6, 6.07) is 20.2. The van der Waals surface area contributed by atoms with Gasteiger partial charge in [0.1, 0.15) is 5.72 Å². The van der Waals surface area contributed by atoms with Crippen molar-refractivity contribution in [3.63, 3.8) is 0 Å². The van der Waals surface area contributed by atoms with Gasteiger partial charge in [-0.1, -0.05) is 41.9 Å². The monoisotopic (exact) mass is 575 g/mol. The van der Waals surface area contributed by atoms with E-state index < -0.39 is 5.72 Å². The van der Waals surface area contributed by atoms with Crippen LogP contribution in [0.2, 0.25) is 5.02 Å². The molecular formula is C33H42ClN5O2. The van der Waals surface area contributed by atoms with Gasteiger partial charge in [0.15, 0.2) is 0 Å². The van der Waals surface area contributed by atoms with Gasteiger partial charge in [0.25, 0.3) is 0 Å². The maximum Gasteiger partial charge on any atom is 0.225 e. The number of hydrogen-bond acceptors (Lipinski definition) is 6. The van der Waals surface area contributed by atoms with Crippen molar-refractivity contribution in [2.45, 2.75) is 64.4 Å². The summed E-state index contributed by atoms with van der Waals surface area (Å²) in [5, 5.41) is 15.6.